The second kappa shape index (κ2) is 6.91. The highest BCUT2D eigenvalue weighted by molar-refractivity contribution is 6.31. The molecule has 1 aliphatic heterocycles. The first-order chi connectivity index (χ1) is 10.7. The van der Waals surface area contributed by atoms with Crippen LogP contribution in [-0.4, -0.2) is 35.5 Å². The molecular formula is C18H24ClNO3. The summed E-state index contributed by atoms with van der Waals surface area (Å²) < 4.78 is 5.38. The van der Waals surface area contributed by atoms with E-state index in [0.717, 1.165) is 5.56 Å². The van der Waals surface area contributed by atoms with Gasteiger partial charge in [0.15, 0.2) is 5.78 Å². The normalized spacial score (nSPS) is 16.3. The lowest BCUT2D eigenvalue weighted by Gasteiger charge is -2.33. The van der Waals surface area contributed by atoms with Crippen molar-refractivity contribution >= 4 is 23.5 Å². The fourth-order valence-corrected chi connectivity index (χ4v) is 2.90. The largest absolute Gasteiger partial charge is 0.444 e. The molecule has 1 aromatic carbocycles. The van der Waals surface area contributed by atoms with Gasteiger partial charge in [0.2, 0.25) is 0 Å². The van der Waals surface area contributed by atoms with Crippen molar-refractivity contribution in [1.82, 2.24) is 4.90 Å². The number of ether oxygens (including phenoxy) is 1. The van der Waals surface area contributed by atoms with Crippen molar-refractivity contribution in [3.63, 3.8) is 0 Å². The van der Waals surface area contributed by atoms with Crippen molar-refractivity contribution in [1.29, 1.82) is 0 Å². The van der Waals surface area contributed by atoms with Crippen LogP contribution >= 0.6 is 11.6 Å². The number of carbonyl (C=O) groups excluding carboxylic acids is 2. The Morgan fingerprint density at radius 2 is 1.83 bits per heavy atom. The van der Waals surface area contributed by atoms with E-state index in [9.17, 15) is 9.59 Å². The highest BCUT2D eigenvalue weighted by Gasteiger charge is 2.30. The van der Waals surface area contributed by atoms with E-state index in [1.54, 1.807) is 17.0 Å². The lowest BCUT2D eigenvalue weighted by Crippen LogP contribution is -2.43. The van der Waals surface area contributed by atoms with Gasteiger partial charge in [0, 0.05) is 29.6 Å². The van der Waals surface area contributed by atoms with Gasteiger partial charge in [-0.15, -0.1) is 0 Å². The number of Topliss-reactive ketones (excluding diaryl/α,β-unsaturated/α-hetero) is 1. The minimum atomic E-state index is -0.498. The summed E-state index contributed by atoms with van der Waals surface area (Å²) in [6, 6.07) is 5.39. The van der Waals surface area contributed by atoms with Crippen molar-refractivity contribution in [2.45, 2.75) is 46.1 Å². The molecule has 0 aromatic heterocycles. The van der Waals surface area contributed by atoms with Crippen LogP contribution in [0.1, 0.15) is 49.5 Å². The molecule has 1 heterocycles. The van der Waals surface area contributed by atoms with Crippen LogP contribution in [0.2, 0.25) is 5.02 Å². The van der Waals surface area contributed by atoms with E-state index in [2.05, 4.69) is 0 Å². The number of nitrogens with zero attached hydrogens (tertiary/aromatic N) is 1. The summed E-state index contributed by atoms with van der Waals surface area (Å²) in [5.41, 5.74) is 1.13. The molecule has 0 N–H and O–H groups in total. The zero-order valence-corrected chi connectivity index (χ0v) is 14.9. The Labute approximate surface area is 142 Å². The molecule has 0 spiro atoms. The Bertz CT molecular complexity index is 599. The van der Waals surface area contributed by atoms with Gasteiger partial charge in [0.05, 0.1) is 0 Å². The SMILES string of the molecule is Cc1ccc(Cl)cc1C(=O)C1CCN(C(=O)OC(C)(C)C)CC1. The molecular weight excluding hydrogens is 314 g/mol. The van der Waals surface area contributed by atoms with Gasteiger partial charge >= 0.3 is 6.09 Å². The number of amides is 1. The predicted octanol–water partition coefficient (Wildman–Crippen LogP) is 4.48. The third-order valence-electron chi connectivity index (χ3n) is 3.98. The van der Waals surface area contributed by atoms with E-state index in [4.69, 9.17) is 16.3 Å². The summed E-state index contributed by atoms with van der Waals surface area (Å²) in [6.07, 6.45) is 1.01. The van der Waals surface area contributed by atoms with Crippen LogP contribution in [0.15, 0.2) is 18.2 Å². The number of carbonyl (C=O) groups is 2. The summed E-state index contributed by atoms with van der Waals surface area (Å²) in [4.78, 5) is 26.4. The first kappa shape index (κ1) is 17.8. The van der Waals surface area contributed by atoms with E-state index < -0.39 is 5.60 Å². The van der Waals surface area contributed by atoms with Crippen molar-refractivity contribution in [3.05, 3.63) is 34.3 Å². The van der Waals surface area contributed by atoms with Crippen LogP contribution in [0.4, 0.5) is 4.79 Å². The Balaban J connectivity index is 1.97. The van der Waals surface area contributed by atoms with Crippen LogP contribution in [-0.2, 0) is 4.74 Å². The highest BCUT2D eigenvalue weighted by Crippen LogP contribution is 2.26. The first-order valence-corrected chi connectivity index (χ1v) is 8.33. The molecule has 1 aliphatic rings. The Morgan fingerprint density at radius 1 is 1.22 bits per heavy atom. The summed E-state index contributed by atoms with van der Waals surface area (Å²) in [7, 11) is 0. The minimum Gasteiger partial charge on any atom is -0.444 e. The molecule has 0 bridgehead atoms. The van der Waals surface area contributed by atoms with Crippen molar-refractivity contribution in [2.24, 2.45) is 5.92 Å². The minimum absolute atomic E-state index is 0.0640. The van der Waals surface area contributed by atoms with E-state index in [1.165, 1.54) is 0 Å². The number of piperidine rings is 1. The summed E-state index contributed by atoms with van der Waals surface area (Å²) in [5, 5.41) is 0.574. The van der Waals surface area contributed by atoms with Crippen molar-refractivity contribution in [2.75, 3.05) is 13.1 Å². The predicted molar refractivity (Wildman–Crippen MR) is 91.1 cm³/mol. The van der Waals surface area contributed by atoms with Gasteiger partial charge in [-0.25, -0.2) is 4.79 Å². The third kappa shape index (κ3) is 4.71. The molecule has 0 atom stereocenters. The van der Waals surface area contributed by atoms with E-state index >= 15 is 0 Å². The fraction of sp³-hybridized carbons (Fsp3) is 0.556. The molecule has 5 heteroatoms. The zero-order chi connectivity index (χ0) is 17.2. The van der Waals surface area contributed by atoms with Gasteiger partial charge in [0.25, 0.3) is 0 Å². The molecule has 0 radical (unpaired) electrons. The lowest BCUT2D eigenvalue weighted by molar-refractivity contribution is 0.0182. The van der Waals surface area contributed by atoms with Gasteiger partial charge in [-0.2, -0.15) is 0 Å². The Hall–Kier alpha value is -1.55. The van der Waals surface area contributed by atoms with E-state index in [-0.39, 0.29) is 17.8 Å². The smallest absolute Gasteiger partial charge is 0.410 e. The average Bonchev–Trinajstić information content (AvgIpc) is 2.47. The molecule has 0 unspecified atom stereocenters. The monoisotopic (exact) mass is 337 g/mol. The number of hydrogen-bond donors (Lipinski definition) is 0. The van der Waals surface area contributed by atoms with Crippen molar-refractivity contribution < 1.29 is 14.3 Å². The lowest BCUT2D eigenvalue weighted by atomic mass is 9.87. The van der Waals surface area contributed by atoms with E-state index in [0.29, 0.717) is 36.5 Å². The molecule has 0 saturated carbocycles. The molecule has 1 saturated heterocycles. The number of aryl methyl sites for hydroxylation is 1. The number of benzene rings is 1. The van der Waals surface area contributed by atoms with Gasteiger partial charge in [-0.05, 0) is 58.2 Å². The second-order valence-electron chi connectivity index (χ2n) is 7.07. The third-order valence-corrected chi connectivity index (χ3v) is 4.22. The van der Waals surface area contributed by atoms with Gasteiger partial charge in [-0.1, -0.05) is 17.7 Å². The molecule has 1 amide bonds. The van der Waals surface area contributed by atoms with E-state index in [1.807, 2.05) is 33.8 Å². The van der Waals surface area contributed by atoms with Crippen LogP contribution in [0.5, 0.6) is 0 Å². The maximum absolute atomic E-state index is 12.7. The van der Waals surface area contributed by atoms with Crippen LogP contribution in [0, 0.1) is 12.8 Å². The fourth-order valence-electron chi connectivity index (χ4n) is 2.73. The highest BCUT2D eigenvalue weighted by atomic mass is 35.5. The average molecular weight is 338 g/mol. The van der Waals surface area contributed by atoms with Crippen LogP contribution < -0.4 is 0 Å². The molecule has 1 fully saturated rings. The van der Waals surface area contributed by atoms with Crippen LogP contribution in [0.3, 0.4) is 0 Å². The number of halogens is 1. The number of likely N-dealkylation sites (tertiary alicyclic amines) is 1. The van der Waals surface area contributed by atoms with Crippen molar-refractivity contribution in [3.8, 4) is 0 Å². The molecule has 23 heavy (non-hydrogen) atoms. The number of ketones is 1. The Kier molecular flexibility index (Phi) is 5.35. The quantitative estimate of drug-likeness (QED) is 0.747. The topological polar surface area (TPSA) is 46.6 Å². The van der Waals surface area contributed by atoms with Gasteiger partial charge < -0.3 is 9.64 Å². The second-order valence-corrected chi connectivity index (χ2v) is 7.50. The number of hydrogen-bond acceptors (Lipinski definition) is 3. The molecule has 0 aliphatic carbocycles. The molecule has 126 valence electrons. The van der Waals surface area contributed by atoms with Gasteiger partial charge in [0.1, 0.15) is 5.60 Å². The maximum atomic E-state index is 12.7. The maximum Gasteiger partial charge on any atom is 0.410 e. The summed E-state index contributed by atoms with van der Waals surface area (Å²) in [5.74, 6) is 0.0553. The van der Waals surface area contributed by atoms with Crippen LogP contribution in [0.25, 0.3) is 0 Å². The molecule has 4 nitrogen and oxygen atoms in total. The summed E-state index contributed by atoms with van der Waals surface area (Å²) in [6.45, 7) is 8.56. The number of rotatable bonds is 2. The zero-order valence-electron chi connectivity index (χ0n) is 14.2. The first-order valence-electron chi connectivity index (χ1n) is 7.95. The van der Waals surface area contributed by atoms with Gasteiger partial charge in [-0.3, -0.25) is 4.79 Å². The Morgan fingerprint density at radius 3 is 2.39 bits per heavy atom. The standard InChI is InChI=1S/C18H24ClNO3/c1-12-5-6-14(19)11-15(12)16(21)13-7-9-20(10-8-13)17(22)23-18(2,3)4/h5-6,11,13H,7-10H2,1-4H3. The molecule has 2 rings (SSSR count). The summed E-state index contributed by atoms with van der Waals surface area (Å²) >= 11 is 6.00. The molecule has 1 aromatic rings.